The van der Waals surface area contributed by atoms with Gasteiger partial charge in [0.15, 0.2) is 0 Å². The van der Waals surface area contributed by atoms with Gasteiger partial charge in [0, 0.05) is 30.5 Å². The van der Waals surface area contributed by atoms with Gasteiger partial charge >= 0.3 is 0 Å². The third kappa shape index (κ3) is 3.61. The Bertz CT molecular complexity index is 720. The molecule has 0 aliphatic rings. The smallest absolute Gasteiger partial charge is 0.246 e. The first-order valence-corrected chi connectivity index (χ1v) is 8.37. The first-order valence-electron chi connectivity index (χ1n) is 6.14. The van der Waals surface area contributed by atoms with Crippen molar-refractivity contribution in [2.24, 2.45) is 0 Å². The van der Waals surface area contributed by atoms with E-state index in [9.17, 15) is 8.42 Å². The maximum Gasteiger partial charge on any atom is 0.246 e. The van der Waals surface area contributed by atoms with E-state index in [1.165, 1.54) is 24.5 Å². The molecule has 0 N–H and O–H groups in total. The van der Waals surface area contributed by atoms with Crippen LogP contribution >= 0.6 is 15.9 Å². The topological polar surface area (TPSA) is 59.5 Å². The van der Waals surface area contributed by atoms with E-state index in [0.717, 1.165) is 5.56 Å². The van der Waals surface area contributed by atoms with Gasteiger partial charge in [-0.3, -0.25) is 4.98 Å². The van der Waals surface area contributed by atoms with Gasteiger partial charge in [-0.15, -0.1) is 0 Å². The normalized spacial score (nSPS) is 11.6. The molecule has 2 aromatic rings. The summed E-state index contributed by atoms with van der Waals surface area (Å²) >= 11 is 3.29. The van der Waals surface area contributed by atoms with E-state index in [2.05, 4.69) is 20.9 Å². The summed E-state index contributed by atoms with van der Waals surface area (Å²) in [5.41, 5.74) is 0.817. The maximum absolute atomic E-state index is 12.7. The molecule has 0 unspecified atom stereocenters. The van der Waals surface area contributed by atoms with E-state index in [1.807, 2.05) is 6.07 Å². The van der Waals surface area contributed by atoms with E-state index in [1.54, 1.807) is 30.6 Å². The predicted molar refractivity (Wildman–Crippen MR) is 83.6 cm³/mol. The average Bonchev–Trinajstić information content (AvgIpc) is 2.48. The van der Waals surface area contributed by atoms with E-state index in [-0.39, 0.29) is 11.4 Å². The van der Waals surface area contributed by atoms with E-state index >= 15 is 0 Å². The van der Waals surface area contributed by atoms with Crippen molar-refractivity contribution in [3.05, 3.63) is 52.8 Å². The van der Waals surface area contributed by atoms with Gasteiger partial charge in [0.2, 0.25) is 10.0 Å². The summed E-state index contributed by atoms with van der Waals surface area (Å²) < 4.78 is 32.4. The number of sulfonamides is 1. The summed E-state index contributed by atoms with van der Waals surface area (Å²) in [6.45, 7) is 0.242. The Morgan fingerprint density at radius 2 is 2.10 bits per heavy atom. The molecule has 0 saturated heterocycles. The van der Waals surface area contributed by atoms with Crippen molar-refractivity contribution in [3.63, 3.8) is 0 Å². The number of aromatic nitrogens is 1. The third-order valence-corrected chi connectivity index (χ3v) is 5.26. The Morgan fingerprint density at radius 3 is 2.71 bits per heavy atom. The van der Waals surface area contributed by atoms with Crippen LogP contribution in [0, 0.1) is 0 Å². The van der Waals surface area contributed by atoms with Crippen LogP contribution in [0.4, 0.5) is 0 Å². The fraction of sp³-hybridized carbons (Fsp3) is 0.214. The standard InChI is InChI=1S/C14H15BrN2O3S/c1-17(10-11-4-3-7-16-9-11)21(18,19)14-8-12(15)5-6-13(14)20-2/h3-9H,10H2,1-2H3. The molecule has 0 radical (unpaired) electrons. The number of ether oxygens (including phenoxy) is 1. The highest BCUT2D eigenvalue weighted by Crippen LogP contribution is 2.29. The van der Waals surface area contributed by atoms with Gasteiger partial charge in [0.25, 0.3) is 0 Å². The zero-order valence-electron chi connectivity index (χ0n) is 11.7. The highest BCUT2D eigenvalue weighted by atomic mass is 79.9. The molecule has 0 saturated carbocycles. The lowest BCUT2D eigenvalue weighted by molar-refractivity contribution is 0.397. The number of hydrogen-bond acceptors (Lipinski definition) is 4. The molecule has 112 valence electrons. The molecule has 1 aromatic heterocycles. The molecule has 7 heteroatoms. The van der Waals surface area contributed by atoms with E-state index in [4.69, 9.17) is 4.74 Å². The third-order valence-electron chi connectivity index (χ3n) is 2.94. The molecule has 0 bridgehead atoms. The highest BCUT2D eigenvalue weighted by molar-refractivity contribution is 9.10. The lowest BCUT2D eigenvalue weighted by Crippen LogP contribution is -2.27. The molecule has 0 atom stereocenters. The van der Waals surface area contributed by atoms with Gasteiger partial charge < -0.3 is 4.74 Å². The van der Waals surface area contributed by atoms with Crippen LogP contribution in [-0.4, -0.2) is 31.9 Å². The second-order valence-corrected chi connectivity index (χ2v) is 7.35. The molecule has 21 heavy (non-hydrogen) atoms. The first-order chi connectivity index (χ1) is 9.95. The molecular formula is C14H15BrN2O3S. The number of methoxy groups -OCH3 is 1. The molecule has 0 aliphatic carbocycles. The van der Waals surface area contributed by atoms with Crippen molar-refractivity contribution in [2.45, 2.75) is 11.4 Å². The van der Waals surface area contributed by atoms with E-state index in [0.29, 0.717) is 10.2 Å². The Kier molecular flexibility index (Phi) is 4.97. The number of nitrogens with zero attached hydrogens (tertiary/aromatic N) is 2. The number of pyridine rings is 1. The van der Waals surface area contributed by atoms with Crippen molar-refractivity contribution in [1.82, 2.24) is 9.29 Å². The van der Waals surface area contributed by atoms with Crippen molar-refractivity contribution in [2.75, 3.05) is 14.2 Å². The lowest BCUT2D eigenvalue weighted by Gasteiger charge is -2.19. The molecule has 2 rings (SSSR count). The quantitative estimate of drug-likeness (QED) is 0.811. The molecular weight excluding hydrogens is 356 g/mol. The molecule has 0 aliphatic heterocycles. The average molecular weight is 371 g/mol. The summed E-state index contributed by atoms with van der Waals surface area (Å²) in [5.74, 6) is 0.316. The summed E-state index contributed by atoms with van der Waals surface area (Å²) in [5, 5.41) is 0. The highest BCUT2D eigenvalue weighted by Gasteiger charge is 2.25. The predicted octanol–water partition coefficient (Wildman–Crippen LogP) is 2.67. The van der Waals surface area contributed by atoms with Crippen molar-refractivity contribution in [3.8, 4) is 5.75 Å². The van der Waals surface area contributed by atoms with Gasteiger partial charge in [-0.05, 0) is 29.8 Å². The molecule has 1 aromatic carbocycles. The van der Waals surface area contributed by atoms with Gasteiger partial charge in [0.1, 0.15) is 10.6 Å². The molecule has 5 nitrogen and oxygen atoms in total. The second-order valence-electron chi connectivity index (χ2n) is 4.42. The lowest BCUT2D eigenvalue weighted by atomic mass is 10.3. The van der Waals surface area contributed by atoms with Crippen molar-refractivity contribution < 1.29 is 13.2 Å². The Balaban J connectivity index is 2.35. The van der Waals surface area contributed by atoms with Crippen LogP contribution in [0.5, 0.6) is 5.75 Å². The van der Waals surface area contributed by atoms with Gasteiger partial charge in [-0.2, -0.15) is 4.31 Å². The first kappa shape index (κ1) is 15.9. The summed E-state index contributed by atoms with van der Waals surface area (Å²) in [6, 6.07) is 8.49. The van der Waals surface area contributed by atoms with Gasteiger partial charge in [-0.1, -0.05) is 22.0 Å². The number of halogens is 1. The van der Waals surface area contributed by atoms with Crippen molar-refractivity contribution in [1.29, 1.82) is 0 Å². The number of rotatable bonds is 5. The summed E-state index contributed by atoms with van der Waals surface area (Å²) in [7, 11) is -0.674. The second kappa shape index (κ2) is 6.55. The summed E-state index contributed by atoms with van der Waals surface area (Å²) in [6.07, 6.45) is 3.29. The monoisotopic (exact) mass is 370 g/mol. The molecule has 1 heterocycles. The SMILES string of the molecule is COc1ccc(Br)cc1S(=O)(=O)N(C)Cc1cccnc1. The van der Waals surface area contributed by atoms with Gasteiger partial charge in [0.05, 0.1) is 7.11 Å². The maximum atomic E-state index is 12.7. The molecule has 0 amide bonds. The zero-order chi connectivity index (χ0) is 15.5. The van der Waals surface area contributed by atoms with Crippen LogP contribution < -0.4 is 4.74 Å². The fourth-order valence-corrected chi connectivity index (χ4v) is 3.70. The minimum absolute atomic E-state index is 0.130. The van der Waals surface area contributed by atoms with Crippen LogP contribution in [0.25, 0.3) is 0 Å². The minimum atomic E-state index is -3.65. The van der Waals surface area contributed by atoms with E-state index < -0.39 is 10.0 Å². The zero-order valence-corrected chi connectivity index (χ0v) is 14.1. The van der Waals surface area contributed by atoms with Crippen LogP contribution in [0.2, 0.25) is 0 Å². The molecule has 0 spiro atoms. The Hall–Kier alpha value is -1.44. The minimum Gasteiger partial charge on any atom is -0.495 e. The van der Waals surface area contributed by atoms with Crippen LogP contribution in [0.1, 0.15) is 5.56 Å². The van der Waals surface area contributed by atoms with Crippen molar-refractivity contribution >= 4 is 26.0 Å². The summed E-state index contributed by atoms with van der Waals surface area (Å²) in [4.78, 5) is 4.12. The molecule has 0 fully saturated rings. The number of benzene rings is 1. The largest absolute Gasteiger partial charge is 0.495 e. The van der Waals surface area contributed by atoms with Crippen LogP contribution in [-0.2, 0) is 16.6 Å². The Labute approximate surface area is 132 Å². The van der Waals surface area contributed by atoms with Crippen LogP contribution in [0.3, 0.4) is 0 Å². The Morgan fingerprint density at radius 1 is 1.33 bits per heavy atom. The number of hydrogen-bond donors (Lipinski definition) is 0. The van der Waals surface area contributed by atoms with Crippen LogP contribution in [0.15, 0.2) is 52.1 Å². The fourth-order valence-electron chi connectivity index (χ4n) is 1.85. The van der Waals surface area contributed by atoms with Gasteiger partial charge in [-0.25, -0.2) is 8.42 Å².